The van der Waals surface area contributed by atoms with E-state index in [1.165, 1.54) is 26.2 Å². The molecule has 0 saturated carbocycles. The molecule has 0 unspecified atom stereocenters. The normalized spacial score (nSPS) is 11.2. The van der Waals surface area contributed by atoms with Gasteiger partial charge in [-0.05, 0) is 43.3 Å². The number of methoxy groups -OCH3 is 1. The van der Waals surface area contributed by atoms with Crippen LogP contribution in [0.4, 0.5) is 11.4 Å². The van der Waals surface area contributed by atoms with Gasteiger partial charge in [0.1, 0.15) is 5.75 Å². The minimum Gasteiger partial charge on any atom is -0.494 e. The number of hydrogen-bond donors (Lipinski definition) is 2. The van der Waals surface area contributed by atoms with Gasteiger partial charge < -0.3 is 14.5 Å². The standard InChI is InChI=1S/C19H19ClN4O5S2/c1-3-31(26,27)24-15-9-8-14(10-16(15)28-2)21-17(25)11-30-19-23-22-18(29-19)12-4-6-13(20)7-5-12/h4-10,24H,3,11H2,1-2H3,(H,21,25). The van der Waals surface area contributed by atoms with Gasteiger partial charge in [-0.3, -0.25) is 9.52 Å². The lowest BCUT2D eigenvalue weighted by molar-refractivity contribution is -0.113. The summed E-state index contributed by atoms with van der Waals surface area (Å²) in [5.41, 5.74) is 1.46. The second-order valence-electron chi connectivity index (χ2n) is 6.14. The van der Waals surface area contributed by atoms with Crippen molar-refractivity contribution in [1.82, 2.24) is 10.2 Å². The van der Waals surface area contributed by atoms with E-state index < -0.39 is 10.0 Å². The molecule has 0 aliphatic rings. The Balaban J connectivity index is 1.59. The minimum atomic E-state index is -3.45. The number of ether oxygens (including phenoxy) is 1. The number of aromatic nitrogens is 2. The van der Waals surface area contributed by atoms with Gasteiger partial charge in [-0.1, -0.05) is 23.4 Å². The zero-order valence-electron chi connectivity index (χ0n) is 16.6. The van der Waals surface area contributed by atoms with Crippen LogP contribution in [0, 0.1) is 0 Å². The molecule has 31 heavy (non-hydrogen) atoms. The zero-order valence-corrected chi connectivity index (χ0v) is 19.0. The molecule has 2 aromatic carbocycles. The van der Waals surface area contributed by atoms with Crippen molar-refractivity contribution < 1.29 is 22.4 Å². The maximum absolute atomic E-state index is 12.3. The third-order valence-corrected chi connectivity index (χ3v) is 6.32. The lowest BCUT2D eigenvalue weighted by Crippen LogP contribution is -2.16. The summed E-state index contributed by atoms with van der Waals surface area (Å²) in [5, 5.41) is 11.5. The fraction of sp³-hybridized carbons (Fsp3) is 0.211. The summed E-state index contributed by atoms with van der Waals surface area (Å²) in [5.74, 6) is 0.275. The maximum Gasteiger partial charge on any atom is 0.277 e. The zero-order chi connectivity index (χ0) is 22.4. The third kappa shape index (κ3) is 6.36. The van der Waals surface area contributed by atoms with Gasteiger partial charge in [0.2, 0.25) is 21.8 Å². The number of halogens is 1. The highest BCUT2D eigenvalue weighted by Crippen LogP contribution is 2.29. The van der Waals surface area contributed by atoms with E-state index in [-0.39, 0.29) is 34.1 Å². The highest BCUT2D eigenvalue weighted by molar-refractivity contribution is 7.99. The van der Waals surface area contributed by atoms with Crippen molar-refractivity contribution in [3.05, 3.63) is 47.5 Å². The van der Waals surface area contributed by atoms with Crippen LogP contribution in [-0.2, 0) is 14.8 Å². The molecule has 9 nitrogen and oxygen atoms in total. The van der Waals surface area contributed by atoms with Crippen molar-refractivity contribution in [1.29, 1.82) is 0 Å². The summed E-state index contributed by atoms with van der Waals surface area (Å²) in [7, 11) is -2.04. The molecule has 0 atom stereocenters. The van der Waals surface area contributed by atoms with Crippen molar-refractivity contribution in [2.45, 2.75) is 12.1 Å². The average molecular weight is 483 g/mol. The first-order valence-electron chi connectivity index (χ1n) is 9.00. The van der Waals surface area contributed by atoms with E-state index in [1.807, 2.05) is 0 Å². The lowest BCUT2D eigenvalue weighted by atomic mass is 10.2. The number of sulfonamides is 1. The number of hydrogen-bond acceptors (Lipinski definition) is 8. The highest BCUT2D eigenvalue weighted by Gasteiger charge is 2.14. The van der Waals surface area contributed by atoms with E-state index in [9.17, 15) is 13.2 Å². The summed E-state index contributed by atoms with van der Waals surface area (Å²) < 4.78 is 36.7. The van der Waals surface area contributed by atoms with Crippen molar-refractivity contribution in [3.63, 3.8) is 0 Å². The van der Waals surface area contributed by atoms with Crippen molar-refractivity contribution >= 4 is 50.7 Å². The molecule has 164 valence electrons. The van der Waals surface area contributed by atoms with Crippen molar-refractivity contribution in [2.75, 3.05) is 28.7 Å². The molecule has 12 heteroatoms. The first-order valence-corrected chi connectivity index (χ1v) is 12.0. The summed E-state index contributed by atoms with van der Waals surface area (Å²) >= 11 is 6.95. The van der Waals surface area contributed by atoms with Gasteiger partial charge in [0.05, 0.1) is 24.3 Å². The molecule has 0 saturated heterocycles. The summed E-state index contributed by atoms with van der Waals surface area (Å²) in [4.78, 5) is 12.3. The molecule has 2 N–H and O–H groups in total. The minimum absolute atomic E-state index is 0.0365. The van der Waals surface area contributed by atoms with Gasteiger partial charge in [-0.25, -0.2) is 8.42 Å². The SMILES string of the molecule is CCS(=O)(=O)Nc1ccc(NC(=O)CSc2nnc(-c3ccc(Cl)cc3)o2)cc1OC. The highest BCUT2D eigenvalue weighted by atomic mass is 35.5. The number of thioether (sulfide) groups is 1. The van der Waals surface area contributed by atoms with Gasteiger partial charge in [0.15, 0.2) is 0 Å². The Hall–Kier alpha value is -2.76. The number of carbonyl (C=O) groups excluding carboxylic acids is 1. The quantitative estimate of drug-likeness (QED) is 0.440. The third-order valence-electron chi connectivity index (χ3n) is 3.96. The van der Waals surface area contributed by atoms with Gasteiger partial charge in [0, 0.05) is 22.3 Å². The molecule has 0 aliphatic carbocycles. The summed E-state index contributed by atoms with van der Waals surface area (Å²) in [6, 6.07) is 11.6. The number of amides is 1. The molecule has 1 aromatic heterocycles. The van der Waals surface area contributed by atoms with Crippen LogP contribution in [0.15, 0.2) is 52.1 Å². The van der Waals surface area contributed by atoms with Crippen LogP contribution >= 0.6 is 23.4 Å². The second-order valence-corrected chi connectivity index (χ2v) is 9.51. The van der Waals surface area contributed by atoms with E-state index in [2.05, 4.69) is 20.2 Å². The number of rotatable bonds is 9. The average Bonchev–Trinajstić information content (AvgIpc) is 3.23. The predicted octanol–water partition coefficient (Wildman–Crippen LogP) is 3.89. The fourth-order valence-corrected chi connectivity index (χ4v) is 3.73. The Bertz CT molecular complexity index is 1170. The van der Waals surface area contributed by atoms with E-state index in [0.29, 0.717) is 16.6 Å². The molecule has 1 amide bonds. The topological polar surface area (TPSA) is 123 Å². The molecular formula is C19H19ClN4O5S2. The largest absolute Gasteiger partial charge is 0.494 e. The Morgan fingerprint density at radius 1 is 1.19 bits per heavy atom. The van der Waals surface area contributed by atoms with Gasteiger partial charge in [-0.15, -0.1) is 10.2 Å². The van der Waals surface area contributed by atoms with Crippen LogP contribution in [0.1, 0.15) is 6.92 Å². The summed E-state index contributed by atoms with van der Waals surface area (Å²) in [6.45, 7) is 1.53. The molecule has 3 aromatic rings. The van der Waals surface area contributed by atoms with Crippen LogP contribution < -0.4 is 14.8 Å². The Labute approximate surface area is 188 Å². The Morgan fingerprint density at radius 2 is 1.94 bits per heavy atom. The Morgan fingerprint density at radius 3 is 2.61 bits per heavy atom. The van der Waals surface area contributed by atoms with Gasteiger partial charge in [0.25, 0.3) is 5.22 Å². The van der Waals surface area contributed by atoms with E-state index >= 15 is 0 Å². The first kappa shape index (κ1) is 22.9. The van der Waals surface area contributed by atoms with Gasteiger partial charge >= 0.3 is 0 Å². The van der Waals surface area contributed by atoms with Crippen LogP contribution in [0.25, 0.3) is 11.5 Å². The van der Waals surface area contributed by atoms with Crippen LogP contribution in [0.3, 0.4) is 0 Å². The number of carbonyl (C=O) groups is 1. The molecule has 0 bridgehead atoms. The number of nitrogens with zero attached hydrogens (tertiary/aromatic N) is 2. The fourth-order valence-electron chi connectivity index (χ4n) is 2.39. The lowest BCUT2D eigenvalue weighted by Gasteiger charge is -2.13. The smallest absolute Gasteiger partial charge is 0.277 e. The maximum atomic E-state index is 12.3. The number of benzene rings is 2. The molecule has 0 fully saturated rings. The molecule has 1 heterocycles. The van der Waals surface area contributed by atoms with E-state index in [1.54, 1.807) is 30.3 Å². The van der Waals surface area contributed by atoms with Crippen LogP contribution in [0.2, 0.25) is 5.02 Å². The number of nitrogens with one attached hydrogen (secondary N) is 2. The molecule has 3 rings (SSSR count). The predicted molar refractivity (Wildman–Crippen MR) is 120 cm³/mol. The monoisotopic (exact) mass is 482 g/mol. The molecule has 0 aliphatic heterocycles. The summed E-state index contributed by atoms with van der Waals surface area (Å²) in [6.07, 6.45) is 0. The van der Waals surface area contributed by atoms with E-state index in [0.717, 1.165) is 17.3 Å². The Kier molecular flexibility index (Phi) is 7.42. The van der Waals surface area contributed by atoms with Crippen LogP contribution in [-0.4, -0.2) is 43.1 Å². The molecule has 0 radical (unpaired) electrons. The molecular weight excluding hydrogens is 464 g/mol. The van der Waals surface area contributed by atoms with Crippen molar-refractivity contribution in [2.24, 2.45) is 0 Å². The number of anilines is 2. The molecule has 0 spiro atoms. The first-order chi connectivity index (χ1) is 14.8. The van der Waals surface area contributed by atoms with Crippen LogP contribution in [0.5, 0.6) is 5.75 Å². The van der Waals surface area contributed by atoms with E-state index in [4.69, 9.17) is 20.8 Å². The van der Waals surface area contributed by atoms with Crippen molar-refractivity contribution in [3.8, 4) is 17.2 Å². The van der Waals surface area contributed by atoms with Gasteiger partial charge in [-0.2, -0.15) is 0 Å². The second kappa shape index (κ2) is 10.0.